The lowest BCUT2D eigenvalue weighted by molar-refractivity contribution is 0.0590. The van der Waals surface area contributed by atoms with Gasteiger partial charge in [-0.2, -0.15) is 5.26 Å². The van der Waals surface area contributed by atoms with Crippen LogP contribution in [0.4, 0.5) is 14.5 Å². The SMILES string of the molecule is COC(=O)c1c(N)c(C#N)cn1-c1ccc(F)c(F)c1C(=O)O. The Morgan fingerprint density at radius 1 is 1.39 bits per heavy atom. The Balaban J connectivity index is 2.88. The molecule has 23 heavy (non-hydrogen) atoms. The van der Waals surface area contributed by atoms with E-state index in [0.717, 1.165) is 23.9 Å². The van der Waals surface area contributed by atoms with Gasteiger partial charge < -0.3 is 20.1 Å². The number of ether oxygens (including phenoxy) is 1. The molecule has 0 fully saturated rings. The van der Waals surface area contributed by atoms with Crippen LogP contribution in [0, 0.1) is 23.0 Å². The minimum absolute atomic E-state index is 0.147. The third-order valence-electron chi connectivity index (χ3n) is 3.09. The van der Waals surface area contributed by atoms with E-state index in [1.807, 2.05) is 0 Å². The summed E-state index contributed by atoms with van der Waals surface area (Å²) in [6.45, 7) is 0. The molecule has 2 rings (SSSR count). The monoisotopic (exact) mass is 321 g/mol. The van der Waals surface area contributed by atoms with Crippen molar-refractivity contribution >= 4 is 17.6 Å². The van der Waals surface area contributed by atoms with Gasteiger partial charge in [-0.15, -0.1) is 0 Å². The summed E-state index contributed by atoms with van der Waals surface area (Å²) in [5, 5.41) is 18.1. The van der Waals surface area contributed by atoms with Crippen LogP contribution in [-0.4, -0.2) is 28.7 Å². The number of nitrogens with two attached hydrogens (primary N) is 1. The molecular formula is C14H9F2N3O4. The van der Waals surface area contributed by atoms with Gasteiger partial charge in [-0.1, -0.05) is 0 Å². The number of hydrogen-bond acceptors (Lipinski definition) is 5. The van der Waals surface area contributed by atoms with Gasteiger partial charge in [0.15, 0.2) is 17.3 Å². The molecule has 0 amide bonds. The van der Waals surface area contributed by atoms with Crippen molar-refractivity contribution in [3.05, 3.63) is 46.8 Å². The Kier molecular flexibility index (Phi) is 4.00. The Morgan fingerprint density at radius 3 is 2.57 bits per heavy atom. The number of halogens is 2. The molecule has 1 heterocycles. The Hall–Kier alpha value is -3.41. The number of nitrogen functional groups attached to an aromatic ring is 1. The number of carbonyl (C=O) groups excluding carboxylic acids is 1. The second-order valence-corrected chi connectivity index (χ2v) is 4.34. The summed E-state index contributed by atoms with van der Waals surface area (Å²) in [5.41, 5.74) is 3.51. The molecule has 0 spiro atoms. The highest BCUT2D eigenvalue weighted by Gasteiger charge is 2.27. The third-order valence-corrected chi connectivity index (χ3v) is 3.09. The van der Waals surface area contributed by atoms with E-state index in [0.29, 0.717) is 6.07 Å². The van der Waals surface area contributed by atoms with Gasteiger partial charge in [0.2, 0.25) is 0 Å². The van der Waals surface area contributed by atoms with Crippen molar-refractivity contribution in [2.75, 3.05) is 12.8 Å². The summed E-state index contributed by atoms with van der Waals surface area (Å²) in [7, 11) is 1.05. The van der Waals surface area contributed by atoms with Gasteiger partial charge in [-0.05, 0) is 12.1 Å². The lowest BCUT2D eigenvalue weighted by atomic mass is 10.1. The summed E-state index contributed by atoms with van der Waals surface area (Å²) >= 11 is 0. The highest BCUT2D eigenvalue weighted by atomic mass is 19.2. The van der Waals surface area contributed by atoms with Crippen molar-refractivity contribution in [1.82, 2.24) is 4.57 Å². The van der Waals surface area contributed by atoms with Crippen LogP contribution >= 0.6 is 0 Å². The zero-order valence-electron chi connectivity index (χ0n) is 11.6. The summed E-state index contributed by atoms with van der Waals surface area (Å²) < 4.78 is 32.5. The van der Waals surface area contributed by atoms with Gasteiger partial charge in [0.1, 0.15) is 11.6 Å². The molecular weight excluding hydrogens is 312 g/mol. The zero-order chi connectivity index (χ0) is 17.3. The van der Waals surface area contributed by atoms with Crippen LogP contribution in [0.2, 0.25) is 0 Å². The number of hydrogen-bond donors (Lipinski definition) is 2. The lowest BCUT2D eigenvalue weighted by Crippen LogP contribution is -2.15. The molecule has 0 unspecified atom stereocenters. The third kappa shape index (κ3) is 2.46. The average molecular weight is 321 g/mol. The van der Waals surface area contributed by atoms with Gasteiger partial charge >= 0.3 is 11.9 Å². The van der Waals surface area contributed by atoms with E-state index in [9.17, 15) is 18.4 Å². The maximum absolute atomic E-state index is 13.8. The predicted molar refractivity (Wildman–Crippen MR) is 73.1 cm³/mol. The van der Waals surface area contributed by atoms with Crippen LogP contribution in [-0.2, 0) is 4.74 Å². The number of aromatic nitrogens is 1. The summed E-state index contributed by atoms with van der Waals surface area (Å²) in [6.07, 6.45) is 1.04. The maximum atomic E-state index is 13.8. The van der Waals surface area contributed by atoms with Crippen LogP contribution in [0.5, 0.6) is 0 Å². The van der Waals surface area contributed by atoms with Crippen molar-refractivity contribution in [1.29, 1.82) is 5.26 Å². The van der Waals surface area contributed by atoms with E-state index in [1.54, 1.807) is 6.07 Å². The average Bonchev–Trinajstić information content (AvgIpc) is 2.85. The normalized spacial score (nSPS) is 10.2. The number of anilines is 1. The molecule has 0 aliphatic carbocycles. The molecule has 3 N–H and O–H groups in total. The number of nitriles is 1. The Morgan fingerprint density at radius 2 is 2.04 bits per heavy atom. The molecule has 0 atom stereocenters. The predicted octanol–water partition coefficient (Wildman–Crippen LogP) is 1.69. The highest BCUT2D eigenvalue weighted by Crippen LogP contribution is 2.28. The summed E-state index contributed by atoms with van der Waals surface area (Å²) in [6, 6.07) is 3.36. The van der Waals surface area contributed by atoms with E-state index in [1.165, 1.54) is 0 Å². The van der Waals surface area contributed by atoms with E-state index < -0.39 is 29.1 Å². The van der Waals surface area contributed by atoms with Crippen molar-refractivity contribution in [2.24, 2.45) is 0 Å². The molecule has 0 saturated heterocycles. The van der Waals surface area contributed by atoms with E-state index in [2.05, 4.69) is 4.74 Å². The molecule has 1 aromatic heterocycles. The van der Waals surface area contributed by atoms with Crippen LogP contribution < -0.4 is 5.73 Å². The number of aromatic carboxylic acids is 1. The summed E-state index contributed by atoms with van der Waals surface area (Å²) in [5.74, 6) is -5.69. The van der Waals surface area contributed by atoms with Crippen molar-refractivity contribution in [3.63, 3.8) is 0 Å². The van der Waals surface area contributed by atoms with Gasteiger partial charge in [0.05, 0.1) is 24.0 Å². The molecule has 0 bridgehead atoms. The fourth-order valence-electron chi connectivity index (χ4n) is 2.05. The molecule has 0 radical (unpaired) electrons. The zero-order valence-corrected chi connectivity index (χ0v) is 11.6. The minimum atomic E-state index is -1.75. The number of nitrogens with zero attached hydrogens (tertiary/aromatic N) is 2. The molecule has 0 saturated carbocycles. The maximum Gasteiger partial charge on any atom is 0.357 e. The van der Waals surface area contributed by atoms with Crippen LogP contribution in [0.1, 0.15) is 26.4 Å². The van der Waals surface area contributed by atoms with E-state index in [4.69, 9.17) is 16.1 Å². The molecule has 1 aromatic carbocycles. The van der Waals surface area contributed by atoms with Gasteiger partial charge in [0.25, 0.3) is 0 Å². The molecule has 9 heteroatoms. The van der Waals surface area contributed by atoms with Crippen molar-refractivity contribution in [2.45, 2.75) is 0 Å². The van der Waals surface area contributed by atoms with Crippen LogP contribution in [0.3, 0.4) is 0 Å². The molecule has 7 nitrogen and oxygen atoms in total. The van der Waals surface area contributed by atoms with Crippen LogP contribution in [0.15, 0.2) is 18.3 Å². The Bertz CT molecular complexity index is 868. The number of esters is 1. The first kappa shape index (κ1) is 16.0. The number of carboxylic acid groups (broad SMARTS) is 1. The molecule has 0 aliphatic heterocycles. The highest BCUT2D eigenvalue weighted by molar-refractivity contribution is 5.98. The second-order valence-electron chi connectivity index (χ2n) is 4.34. The number of benzene rings is 1. The van der Waals surface area contributed by atoms with Crippen LogP contribution in [0.25, 0.3) is 5.69 Å². The van der Waals surface area contributed by atoms with Crippen molar-refractivity contribution < 1.29 is 28.2 Å². The molecule has 2 aromatic rings. The number of methoxy groups -OCH3 is 1. The largest absolute Gasteiger partial charge is 0.478 e. The van der Waals surface area contributed by atoms with Gasteiger partial charge in [0, 0.05) is 6.20 Å². The second kappa shape index (κ2) is 5.76. The first-order valence-corrected chi connectivity index (χ1v) is 6.04. The van der Waals surface area contributed by atoms with E-state index >= 15 is 0 Å². The molecule has 118 valence electrons. The topological polar surface area (TPSA) is 118 Å². The van der Waals surface area contributed by atoms with Crippen molar-refractivity contribution in [3.8, 4) is 11.8 Å². The Labute approximate surface area is 128 Å². The summed E-state index contributed by atoms with van der Waals surface area (Å²) in [4.78, 5) is 23.1. The van der Waals surface area contributed by atoms with Gasteiger partial charge in [-0.3, -0.25) is 0 Å². The smallest absolute Gasteiger partial charge is 0.357 e. The fraction of sp³-hybridized carbons (Fsp3) is 0.0714. The fourth-order valence-corrected chi connectivity index (χ4v) is 2.05. The quantitative estimate of drug-likeness (QED) is 0.831. The number of carbonyl (C=O) groups is 2. The number of rotatable bonds is 3. The first-order chi connectivity index (χ1) is 10.8. The van der Waals surface area contributed by atoms with Gasteiger partial charge in [-0.25, -0.2) is 18.4 Å². The molecule has 0 aliphatic rings. The minimum Gasteiger partial charge on any atom is -0.478 e. The lowest BCUT2D eigenvalue weighted by Gasteiger charge is -2.12. The number of carboxylic acids is 1. The van der Waals surface area contributed by atoms with E-state index in [-0.39, 0.29) is 22.6 Å². The standard InChI is InChI=1S/C14H9F2N3O4/c1-23-14(22)12-11(18)6(4-17)5-19(12)8-3-2-7(15)10(16)9(8)13(20)21/h2-3,5H,18H2,1H3,(H,20,21). The first-order valence-electron chi connectivity index (χ1n) is 6.04.